The number of sulfonamides is 1. The van der Waals surface area contributed by atoms with Gasteiger partial charge in [0.05, 0.1) is 29.1 Å². The number of hydrogen-bond acceptors (Lipinski definition) is 8. The number of anilines is 1. The van der Waals surface area contributed by atoms with E-state index in [1.807, 2.05) is 22.6 Å². The lowest BCUT2D eigenvalue weighted by Crippen LogP contribution is -2.45. The second-order valence-electron chi connectivity index (χ2n) is 7.52. The highest BCUT2D eigenvalue weighted by atomic mass is 127. The smallest absolute Gasteiger partial charge is 0.329 e. The Morgan fingerprint density at radius 3 is 2.58 bits per heavy atom. The van der Waals surface area contributed by atoms with Gasteiger partial charge in [0.25, 0.3) is 15.9 Å². The van der Waals surface area contributed by atoms with Crippen LogP contribution in [0.15, 0.2) is 77.6 Å². The van der Waals surface area contributed by atoms with E-state index in [4.69, 9.17) is 11.6 Å². The van der Waals surface area contributed by atoms with Crippen molar-refractivity contribution in [2.24, 2.45) is 0 Å². The van der Waals surface area contributed by atoms with Crippen LogP contribution in [0.3, 0.4) is 0 Å². The Hall–Kier alpha value is -2.72. The highest BCUT2D eigenvalue weighted by molar-refractivity contribution is 14.1. The van der Waals surface area contributed by atoms with Gasteiger partial charge in [0.2, 0.25) is 0 Å². The van der Waals surface area contributed by atoms with Gasteiger partial charge in [0.15, 0.2) is 6.04 Å². The quantitative estimate of drug-likeness (QED) is 0.213. The number of carboxylic acids is 1. The van der Waals surface area contributed by atoms with Gasteiger partial charge >= 0.3 is 5.97 Å². The molecule has 2 aromatic carbocycles. The molecular formula is C22H18ClIN4O6S2. The molecule has 0 fully saturated rings. The fourth-order valence-electron chi connectivity index (χ4n) is 3.41. The molecule has 36 heavy (non-hydrogen) atoms. The Bertz CT molecular complexity index is 1410. The Labute approximate surface area is 229 Å². The molecule has 0 spiro atoms. The van der Waals surface area contributed by atoms with Crippen LogP contribution in [-0.4, -0.2) is 40.9 Å². The van der Waals surface area contributed by atoms with Crippen molar-refractivity contribution in [1.29, 1.82) is 0 Å². The van der Waals surface area contributed by atoms with E-state index in [1.54, 1.807) is 22.6 Å². The van der Waals surface area contributed by atoms with Crippen LogP contribution in [0.2, 0.25) is 5.02 Å². The number of fused-ring (bicyclic) bond motifs is 1. The summed E-state index contributed by atoms with van der Waals surface area (Å²) in [6.07, 6.45) is 4.64. The lowest BCUT2D eigenvalue weighted by molar-refractivity contribution is -0.142. The highest BCUT2D eigenvalue weighted by Gasteiger charge is 2.33. The van der Waals surface area contributed by atoms with Gasteiger partial charge < -0.3 is 20.3 Å². The van der Waals surface area contributed by atoms with E-state index in [2.05, 4.69) is 14.8 Å². The minimum Gasteiger partial charge on any atom is -0.480 e. The fourth-order valence-corrected chi connectivity index (χ4v) is 6.00. The van der Waals surface area contributed by atoms with Crippen molar-refractivity contribution < 1.29 is 28.2 Å². The lowest BCUT2D eigenvalue weighted by atomic mass is 10.0. The van der Waals surface area contributed by atoms with Gasteiger partial charge in [-0.3, -0.25) is 13.8 Å². The number of aliphatic carboxylic acids is 1. The average molecular weight is 661 g/mol. The number of nitrogens with zero attached hydrogens (tertiary/aromatic N) is 1. The fraction of sp³-hybridized carbons (Fsp3) is 0.0909. The molecule has 0 saturated carbocycles. The van der Waals surface area contributed by atoms with E-state index >= 15 is 0 Å². The summed E-state index contributed by atoms with van der Waals surface area (Å²) in [5, 5.41) is 23.0. The van der Waals surface area contributed by atoms with E-state index in [9.17, 15) is 28.2 Å². The number of rotatable bonds is 8. The number of halogens is 2. The molecule has 10 nitrogen and oxygen atoms in total. The second kappa shape index (κ2) is 10.7. The molecule has 2 heterocycles. The number of nitrogens with one attached hydrogen (secondary N) is 3. The molecule has 1 amide bonds. The lowest BCUT2D eigenvalue weighted by Gasteiger charge is -2.23. The largest absolute Gasteiger partial charge is 0.480 e. The Balaban J connectivity index is 1.61. The number of hydrogen-bond donors (Lipinski definition) is 5. The predicted octanol–water partition coefficient (Wildman–Crippen LogP) is 3.32. The Kier molecular flexibility index (Phi) is 7.85. The van der Waals surface area contributed by atoms with E-state index in [-0.39, 0.29) is 21.7 Å². The standard InChI is InChI=1S/C22H18ClIN4O6S2/c23-13-5-3-12(4-6-13)20(29)19(22(31)32)26-21(30)15-8-7-14(24)10-16(15)27-36(33,34)18-2-1-9-28-17(18)11-25-35-28/h1-11,19-20,25,27,29H,(H,26,30)(H,31,32). The number of carbonyl (C=O) groups excluding carboxylic acids is 1. The van der Waals surface area contributed by atoms with Crippen LogP contribution in [0.4, 0.5) is 5.69 Å². The van der Waals surface area contributed by atoms with Crippen LogP contribution in [0.5, 0.6) is 0 Å². The average Bonchev–Trinajstić information content (AvgIpc) is 3.31. The maximum atomic E-state index is 13.2. The minimum atomic E-state index is -4.14. The van der Waals surface area contributed by atoms with E-state index < -0.39 is 34.0 Å². The van der Waals surface area contributed by atoms with Gasteiger partial charge in [-0.1, -0.05) is 23.7 Å². The van der Waals surface area contributed by atoms with Gasteiger partial charge in [0, 0.05) is 21.0 Å². The highest BCUT2D eigenvalue weighted by Crippen LogP contribution is 2.34. The van der Waals surface area contributed by atoms with Crippen molar-refractivity contribution in [3.63, 3.8) is 0 Å². The molecule has 0 radical (unpaired) electrons. The van der Waals surface area contributed by atoms with Crippen molar-refractivity contribution in [3.05, 3.63) is 97.3 Å². The van der Waals surface area contributed by atoms with Crippen LogP contribution < -0.4 is 14.8 Å². The van der Waals surface area contributed by atoms with Crippen molar-refractivity contribution >= 4 is 73.9 Å². The molecule has 4 rings (SSSR count). The summed E-state index contributed by atoms with van der Waals surface area (Å²) in [6, 6.07) is 8.53. The first-order chi connectivity index (χ1) is 17.1. The molecule has 0 aliphatic carbocycles. The molecule has 188 valence electrons. The zero-order valence-electron chi connectivity index (χ0n) is 18.1. The Morgan fingerprint density at radius 2 is 1.89 bits per heavy atom. The third-order valence-corrected chi connectivity index (χ3v) is 8.22. The van der Waals surface area contributed by atoms with E-state index in [0.717, 1.165) is 0 Å². The molecule has 2 aliphatic heterocycles. The van der Waals surface area contributed by atoms with E-state index in [1.165, 1.54) is 60.8 Å². The third-order valence-electron chi connectivity index (χ3n) is 5.15. The molecule has 2 aromatic rings. The summed E-state index contributed by atoms with van der Waals surface area (Å²) in [4.78, 5) is 25.0. The zero-order valence-corrected chi connectivity index (χ0v) is 22.6. The first-order valence-corrected chi connectivity index (χ1v) is 13.9. The molecule has 0 bridgehead atoms. The molecule has 2 unspecified atom stereocenters. The van der Waals surface area contributed by atoms with Crippen molar-refractivity contribution in [1.82, 2.24) is 14.3 Å². The molecule has 5 N–H and O–H groups in total. The number of allylic oxidation sites excluding steroid dienone is 2. The van der Waals surface area contributed by atoms with Crippen LogP contribution in [0.25, 0.3) is 0 Å². The molecule has 2 atom stereocenters. The van der Waals surface area contributed by atoms with Gasteiger partial charge in [0.1, 0.15) is 11.0 Å². The first-order valence-electron chi connectivity index (χ1n) is 10.2. The van der Waals surface area contributed by atoms with Crippen molar-refractivity contribution in [3.8, 4) is 0 Å². The van der Waals surface area contributed by atoms with Gasteiger partial charge in [-0.2, -0.15) is 0 Å². The minimum absolute atomic E-state index is 0.0192. The number of benzene rings is 2. The molecule has 14 heteroatoms. The van der Waals surface area contributed by atoms with Crippen LogP contribution in [0, 0.1) is 3.57 Å². The van der Waals surface area contributed by atoms with E-state index in [0.29, 0.717) is 14.3 Å². The zero-order chi connectivity index (χ0) is 26.0. The van der Waals surface area contributed by atoms with Gasteiger partial charge in [-0.05, 0) is 70.6 Å². The number of carboxylic acid groups (broad SMARTS) is 1. The Morgan fingerprint density at radius 1 is 1.17 bits per heavy atom. The van der Waals surface area contributed by atoms with Gasteiger partial charge in [-0.25, -0.2) is 13.2 Å². The summed E-state index contributed by atoms with van der Waals surface area (Å²) in [6.45, 7) is 0. The molecule has 0 aromatic heterocycles. The predicted molar refractivity (Wildman–Crippen MR) is 145 cm³/mol. The van der Waals surface area contributed by atoms with Gasteiger partial charge in [-0.15, -0.1) is 0 Å². The summed E-state index contributed by atoms with van der Waals surface area (Å²) in [5.41, 5.74) is 0.466. The third kappa shape index (κ3) is 5.64. The molecule has 2 aliphatic rings. The topological polar surface area (TPSA) is 148 Å². The number of aliphatic hydroxyl groups is 1. The maximum absolute atomic E-state index is 13.2. The number of aliphatic hydroxyl groups excluding tert-OH is 1. The second-order valence-corrected chi connectivity index (χ2v) is 11.7. The monoisotopic (exact) mass is 660 g/mol. The van der Waals surface area contributed by atoms with Crippen LogP contribution >= 0.6 is 46.3 Å². The molecular weight excluding hydrogens is 643 g/mol. The molecule has 0 saturated heterocycles. The van der Waals surface area contributed by atoms with Crippen LogP contribution in [-0.2, 0) is 14.8 Å². The summed E-state index contributed by atoms with van der Waals surface area (Å²) >= 11 is 9.00. The SMILES string of the molecule is O=C(NC(C(=O)O)C(O)c1ccc(Cl)cc1)c1ccc(I)cc1NS(=O)(=O)C1=CC=CN2SNC=C12. The van der Waals surface area contributed by atoms with Crippen molar-refractivity contribution in [2.45, 2.75) is 12.1 Å². The normalized spacial score (nSPS) is 16.2. The van der Waals surface area contributed by atoms with Crippen molar-refractivity contribution in [2.75, 3.05) is 4.72 Å². The number of amides is 1. The summed E-state index contributed by atoms with van der Waals surface area (Å²) < 4.78 is 34.0. The summed E-state index contributed by atoms with van der Waals surface area (Å²) in [5.74, 6) is -2.36. The summed E-state index contributed by atoms with van der Waals surface area (Å²) in [7, 11) is -4.14. The maximum Gasteiger partial charge on any atom is 0.329 e. The van der Waals surface area contributed by atoms with Crippen LogP contribution in [0.1, 0.15) is 22.0 Å². The first kappa shape index (κ1) is 26.3. The number of carbonyl (C=O) groups is 2.